The second-order valence-corrected chi connectivity index (χ2v) is 6.67. The van der Waals surface area contributed by atoms with Crippen molar-refractivity contribution in [2.24, 2.45) is 5.92 Å². The number of carbonyl (C=O) groups excluding carboxylic acids is 2. The number of nitrogens with zero attached hydrogens (tertiary/aromatic N) is 1. The van der Waals surface area contributed by atoms with E-state index in [4.69, 9.17) is 9.47 Å². The summed E-state index contributed by atoms with van der Waals surface area (Å²) in [4.78, 5) is 27.5. The van der Waals surface area contributed by atoms with Crippen molar-refractivity contribution in [3.8, 4) is 5.75 Å². The summed E-state index contributed by atoms with van der Waals surface area (Å²) < 4.78 is 11.5. The third kappa shape index (κ3) is 1.89. The number of fused-ring (bicyclic) bond motifs is 3. The number of rotatable bonds is 3. The molecule has 5 nitrogen and oxygen atoms in total. The van der Waals surface area contributed by atoms with Crippen molar-refractivity contribution < 1.29 is 19.1 Å². The van der Waals surface area contributed by atoms with E-state index in [1.165, 1.54) is 0 Å². The molecule has 4 rings (SSSR count). The summed E-state index contributed by atoms with van der Waals surface area (Å²) in [5, 5.41) is 0. The standard InChI is InChI=1S/C20H19NO4/c1-12(2)17-19(23)25-20(15-10-6-7-11-16(15)24-3)14-9-5-4-8-13(14)18(22)21(17)20/h4-12,17H,1-3H3. The quantitative estimate of drug-likeness (QED) is 0.808. The van der Waals surface area contributed by atoms with Crippen molar-refractivity contribution in [1.82, 2.24) is 4.90 Å². The molecule has 2 aromatic rings. The molecule has 128 valence electrons. The molecule has 2 aromatic carbocycles. The van der Waals surface area contributed by atoms with Crippen molar-refractivity contribution in [2.75, 3.05) is 7.11 Å². The lowest BCUT2D eigenvalue weighted by atomic mass is 9.92. The molecule has 0 bridgehead atoms. The number of benzene rings is 2. The zero-order valence-electron chi connectivity index (χ0n) is 14.4. The summed E-state index contributed by atoms with van der Waals surface area (Å²) in [7, 11) is 1.57. The Morgan fingerprint density at radius 2 is 1.68 bits per heavy atom. The predicted molar refractivity (Wildman–Crippen MR) is 91.1 cm³/mol. The Kier molecular flexibility index (Phi) is 3.35. The highest BCUT2D eigenvalue weighted by Crippen LogP contribution is 2.53. The van der Waals surface area contributed by atoms with Crippen LogP contribution < -0.4 is 4.74 Å². The first-order valence-corrected chi connectivity index (χ1v) is 8.32. The topological polar surface area (TPSA) is 55.8 Å². The molecule has 2 atom stereocenters. The number of esters is 1. The van der Waals surface area contributed by atoms with E-state index in [0.29, 0.717) is 22.4 Å². The molecule has 2 aliphatic heterocycles. The first-order valence-electron chi connectivity index (χ1n) is 8.32. The van der Waals surface area contributed by atoms with Gasteiger partial charge in [0, 0.05) is 11.1 Å². The molecular formula is C20H19NO4. The van der Waals surface area contributed by atoms with Crippen molar-refractivity contribution in [3.05, 3.63) is 65.2 Å². The maximum Gasteiger partial charge on any atom is 0.331 e. The van der Waals surface area contributed by atoms with Gasteiger partial charge in [-0.2, -0.15) is 0 Å². The minimum absolute atomic E-state index is 0.0673. The average molecular weight is 337 g/mol. The molecule has 0 aromatic heterocycles. The number of hydrogen-bond acceptors (Lipinski definition) is 4. The first-order chi connectivity index (χ1) is 12.0. The summed E-state index contributed by atoms with van der Waals surface area (Å²) in [6, 6.07) is 14.0. The highest BCUT2D eigenvalue weighted by molar-refractivity contribution is 6.04. The SMILES string of the molecule is COc1ccccc1C12OC(=O)C(C(C)C)N1C(=O)c1ccccc12. The summed E-state index contributed by atoms with van der Waals surface area (Å²) >= 11 is 0. The van der Waals surface area contributed by atoms with Gasteiger partial charge in [0.05, 0.1) is 12.7 Å². The minimum Gasteiger partial charge on any atom is -0.496 e. The molecule has 1 amide bonds. The normalized spacial score (nSPS) is 24.3. The van der Waals surface area contributed by atoms with Gasteiger partial charge in [0.2, 0.25) is 5.72 Å². The number of ether oxygens (including phenoxy) is 2. The van der Waals surface area contributed by atoms with Crippen molar-refractivity contribution in [1.29, 1.82) is 0 Å². The number of hydrogen-bond donors (Lipinski definition) is 0. The Balaban J connectivity index is 2.05. The van der Waals surface area contributed by atoms with E-state index in [-0.39, 0.29) is 17.8 Å². The smallest absolute Gasteiger partial charge is 0.331 e. The summed E-state index contributed by atoms with van der Waals surface area (Å²) in [6.45, 7) is 3.83. The van der Waals surface area contributed by atoms with E-state index in [2.05, 4.69) is 0 Å². The molecule has 0 N–H and O–H groups in total. The van der Waals surface area contributed by atoms with Crippen LogP contribution in [0.1, 0.15) is 35.3 Å². The van der Waals surface area contributed by atoms with Crippen LogP contribution in [0.5, 0.6) is 5.75 Å². The largest absolute Gasteiger partial charge is 0.496 e. The molecule has 5 heteroatoms. The van der Waals surface area contributed by atoms with E-state index in [1.807, 2.05) is 56.3 Å². The van der Waals surface area contributed by atoms with Crippen molar-refractivity contribution in [2.45, 2.75) is 25.6 Å². The maximum atomic E-state index is 13.2. The van der Waals surface area contributed by atoms with Crippen LogP contribution in [-0.4, -0.2) is 29.9 Å². The summed E-state index contributed by atoms with van der Waals surface area (Å²) in [5.74, 6) is -0.0635. The molecule has 0 saturated carbocycles. The summed E-state index contributed by atoms with van der Waals surface area (Å²) in [6.07, 6.45) is 0. The van der Waals surface area contributed by atoms with Gasteiger partial charge in [-0.1, -0.05) is 44.2 Å². The van der Waals surface area contributed by atoms with Gasteiger partial charge in [-0.15, -0.1) is 0 Å². The van der Waals surface area contributed by atoms with Crippen LogP contribution in [0, 0.1) is 5.92 Å². The van der Waals surface area contributed by atoms with Crippen LogP contribution in [0.2, 0.25) is 0 Å². The molecule has 2 unspecified atom stereocenters. The monoisotopic (exact) mass is 337 g/mol. The highest BCUT2D eigenvalue weighted by atomic mass is 16.6. The molecule has 0 aliphatic carbocycles. The lowest BCUT2D eigenvalue weighted by Crippen LogP contribution is -2.47. The van der Waals surface area contributed by atoms with Gasteiger partial charge in [-0.3, -0.25) is 9.69 Å². The summed E-state index contributed by atoms with van der Waals surface area (Å²) in [5.41, 5.74) is 0.631. The van der Waals surface area contributed by atoms with Gasteiger partial charge < -0.3 is 9.47 Å². The molecule has 2 heterocycles. The molecule has 0 spiro atoms. The van der Waals surface area contributed by atoms with Gasteiger partial charge in [-0.25, -0.2) is 4.79 Å². The Hall–Kier alpha value is -2.82. The molecule has 1 saturated heterocycles. The average Bonchev–Trinajstić information content (AvgIpc) is 3.06. The maximum absolute atomic E-state index is 13.2. The van der Waals surface area contributed by atoms with Crippen LogP contribution in [0.3, 0.4) is 0 Å². The molecule has 25 heavy (non-hydrogen) atoms. The molecule has 2 aliphatic rings. The number of amides is 1. The predicted octanol–water partition coefficient (Wildman–Crippen LogP) is 2.93. The van der Waals surface area contributed by atoms with Crippen molar-refractivity contribution in [3.63, 3.8) is 0 Å². The molecule has 0 radical (unpaired) electrons. The number of carbonyl (C=O) groups is 2. The third-order valence-corrected chi connectivity index (χ3v) is 4.95. The zero-order valence-corrected chi connectivity index (χ0v) is 14.4. The number of para-hydroxylation sites is 1. The van der Waals surface area contributed by atoms with E-state index in [0.717, 1.165) is 0 Å². The van der Waals surface area contributed by atoms with E-state index >= 15 is 0 Å². The van der Waals surface area contributed by atoms with Gasteiger partial charge >= 0.3 is 5.97 Å². The van der Waals surface area contributed by atoms with Gasteiger partial charge in [-0.05, 0) is 24.1 Å². The van der Waals surface area contributed by atoms with Crippen LogP contribution in [0.15, 0.2) is 48.5 Å². The second kappa shape index (κ2) is 5.34. The van der Waals surface area contributed by atoms with Crippen LogP contribution in [-0.2, 0) is 15.3 Å². The molecule has 1 fully saturated rings. The van der Waals surface area contributed by atoms with E-state index in [9.17, 15) is 9.59 Å². The van der Waals surface area contributed by atoms with E-state index in [1.54, 1.807) is 18.1 Å². The van der Waals surface area contributed by atoms with E-state index < -0.39 is 11.8 Å². The lowest BCUT2D eigenvalue weighted by Gasteiger charge is -2.34. The third-order valence-electron chi connectivity index (χ3n) is 4.95. The fraction of sp³-hybridized carbons (Fsp3) is 0.300. The first kappa shape index (κ1) is 15.7. The van der Waals surface area contributed by atoms with Gasteiger partial charge in [0.1, 0.15) is 11.8 Å². The Bertz CT molecular complexity index is 876. The van der Waals surface area contributed by atoms with Crippen LogP contribution in [0.25, 0.3) is 0 Å². The van der Waals surface area contributed by atoms with Gasteiger partial charge in [0.15, 0.2) is 0 Å². The molecular weight excluding hydrogens is 318 g/mol. The Morgan fingerprint density at radius 1 is 1.04 bits per heavy atom. The Morgan fingerprint density at radius 3 is 2.36 bits per heavy atom. The van der Waals surface area contributed by atoms with Gasteiger partial charge in [0.25, 0.3) is 5.91 Å². The van der Waals surface area contributed by atoms with Crippen molar-refractivity contribution >= 4 is 11.9 Å². The fourth-order valence-electron chi connectivity index (χ4n) is 3.93. The zero-order chi connectivity index (χ0) is 17.8. The Labute approximate surface area is 146 Å². The number of methoxy groups -OCH3 is 1. The van der Waals surface area contributed by atoms with Crippen LogP contribution in [0.4, 0.5) is 0 Å². The fourth-order valence-corrected chi connectivity index (χ4v) is 3.93. The second-order valence-electron chi connectivity index (χ2n) is 6.67. The van der Waals surface area contributed by atoms with Crippen LogP contribution >= 0.6 is 0 Å². The minimum atomic E-state index is -1.27. The highest BCUT2D eigenvalue weighted by Gasteiger charge is 2.64. The lowest BCUT2D eigenvalue weighted by molar-refractivity contribution is -0.149.